The number of hydrogen-bond acceptors (Lipinski definition) is 7. The van der Waals surface area contributed by atoms with E-state index in [9.17, 15) is 4.79 Å². The quantitative estimate of drug-likeness (QED) is 0.455. The van der Waals surface area contributed by atoms with Gasteiger partial charge in [-0.3, -0.25) is 4.79 Å². The van der Waals surface area contributed by atoms with Gasteiger partial charge in [-0.25, -0.2) is 19.5 Å². The molecule has 0 spiro atoms. The van der Waals surface area contributed by atoms with Gasteiger partial charge in [-0.1, -0.05) is 13.8 Å². The second kappa shape index (κ2) is 9.18. The normalized spacial score (nSPS) is 16.4. The van der Waals surface area contributed by atoms with Crippen molar-refractivity contribution in [2.24, 2.45) is 0 Å². The molecule has 0 bridgehead atoms. The first-order valence-electron chi connectivity index (χ1n) is 11.5. The molecule has 1 atom stereocenters. The topological polar surface area (TPSA) is 100 Å². The molecule has 9 nitrogen and oxygen atoms in total. The minimum Gasteiger partial charge on any atom is -0.316 e. The SMILES string of the molecule is CN[C@@H]1CCN(c2ccc(Nc3nccc(-c4ccn5ncc(C(C)C)c5c4)n3)nc2)C(=O)C1. The molecule has 4 aromatic heterocycles. The zero-order chi connectivity index (χ0) is 23.7. The van der Waals surface area contributed by atoms with Gasteiger partial charge < -0.3 is 15.5 Å². The van der Waals surface area contributed by atoms with Crippen LogP contribution < -0.4 is 15.5 Å². The summed E-state index contributed by atoms with van der Waals surface area (Å²) in [6, 6.07) is 9.98. The van der Waals surface area contributed by atoms with Crippen LogP contribution in [-0.4, -0.2) is 50.1 Å². The Morgan fingerprint density at radius 1 is 1.12 bits per heavy atom. The van der Waals surface area contributed by atoms with Crippen molar-refractivity contribution in [3.05, 3.63) is 60.7 Å². The lowest BCUT2D eigenvalue weighted by molar-refractivity contribution is -0.120. The molecule has 1 aliphatic heterocycles. The molecule has 1 amide bonds. The maximum absolute atomic E-state index is 12.5. The molecule has 1 saturated heterocycles. The Morgan fingerprint density at radius 3 is 2.74 bits per heavy atom. The Balaban J connectivity index is 1.33. The molecule has 5 rings (SSSR count). The molecule has 0 aliphatic carbocycles. The third-order valence-corrected chi connectivity index (χ3v) is 6.26. The summed E-state index contributed by atoms with van der Waals surface area (Å²) in [5, 5.41) is 10.8. The zero-order valence-corrected chi connectivity index (χ0v) is 19.6. The molecule has 0 radical (unpaired) electrons. The number of piperidine rings is 1. The van der Waals surface area contributed by atoms with Crippen molar-refractivity contribution >= 4 is 28.9 Å². The van der Waals surface area contributed by atoms with Crippen LogP contribution in [-0.2, 0) is 4.79 Å². The van der Waals surface area contributed by atoms with Gasteiger partial charge in [0.1, 0.15) is 5.82 Å². The van der Waals surface area contributed by atoms with Crippen molar-refractivity contribution in [2.45, 2.75) is 38.6 Å². The van der Waals surface area contributed by atoms with Gasteiger partial charge in [0.25, 0.3) is 0 Å². The molecule has 0 saturated carbocycles. The standard InChI is InChI=1S/C25H28N8O/c1-16(2)20-15-29-33-11-7-17(12-22(20)33)21-6-9-27-25(30-21)31-23-5-4-19(14-28-23)32-10-8-18(26-3)13-24(32)34/h4-7,9,11-12,14-16,18,26H,8,10,13H2,1-3H3,(H,27,28,30,31)/t18-/m1/s1. The van der Waals surface area contributed by atoms with Crippen molar-refractivity contribution in [1.82, 2.24) is 29.9 Å². The number of pyridine rings is 2. The highest BCUT2D eigenvalue weighted by Crippen LogP contribution is 2.26. The fourth-order valence-corrected chi connectivity index (χ4v) is 4.27. The molecule has 4 aromatic rings. The number of fused-ring (bicyclic) bond motifs is 1. The summed E-state index contributed by atoms with van der Waals surface area (Å²) in [5.41, 5.74) is 4.88. The lowest BCUT2D eigenvalue weighted by Crippen LogP contribution is -2.45. The molecule has 34 heavy (non-hydrogen) atoms. The van der Waals surface area contributed by atoms with Gasteiger partial charge in [-0.15, -0.1) is 0 Å². The number of carbonyl (C=O) groups is 1. The van der Waals surface area contributed by atoms with Gasteiger partial charge in [0.15, 0.2) is 0 Å². The van der Waals surface area contributed by atoms with E-state index in [2.05, 4.69) is 50.6 Å². The summed E-state index contributed by atoms with van der Waals surface area (Å²) in [6.45, 7) is 5.01. The van der Waals surface area contributed by atoms with Gasteiger partial charge in [0.05, 0.1) is 29.3 Å². The third-order valence-electron chi connectivity index (χ3n) is 6.26. The van der Waals surface area contributed by atoms with Crippen LogP contribution in [0, 0.1) is 0 Å². The molecule has 2 N–H and O–H groups in total. The molecular weight excluding hydrogens is 428 g/mol. The third kappa shape index (κ3) is 4.34. The molecule has 5 heterocycles. The van der Waals surface area contributed by atoms with Crippen molar-refractivity contribution in [3.8, 4) is 11.3 Å². The first-order valence-corrected chi connectivity index (χ1v) is 11.5. The largest absolute Gasteiger partial charge is 0.316 e. The Hall–Kier alpha value is -3.85. The van der Waals surface area contributed by atoms with E-state index in [1.807, 2.05) is 48.2 Å². The number of aromatic nitrogens is 5. The van der Waals surface area contributed by atoms with E-state index in [0.717, 1.165) is 28.9 Å². The van der Waals surface area contributed by atoms with Gasteiger partial charge in [0, 0.05) is 42.5 Å². The number of rotatable bonds is 6. The highest BCUT2D eigenvalue weighted by molar-refractivity contribution is 5.94. The minimum atomic E-state index is 0.111. The molecule has 1 aliphatic rings. The predicted octanol–water partition coefficient (Wildman–Crippen LogP) is 3.77. The van der Waals surface area contributed by atoms with Crippen molar-refractivity contribution in [1.29, 1.82) is 0 Å². The number of amides is 1. The minimum absolute atomic E-state index is 0.111. The summed E-state index contributed by atoms with van der Waals surface area (Å²) in [4.78, 5) is 27.8. The van der Waals surface area contributed by atoms with E-state index in [0.29, 0.717) is 30.6 Å². The van der Waals surface area contributed by atoms with Crippen molar-refractivity contribution < 1.29 is 4.79 Å². The molecule has 0 aromatic carbocycles. The molecule has 174 valence electrons. The van der Waals surface area contributed by atoms with Crippen LogP contribution in [0.1, 0.15) is 38.2 Å². The lowest BCUT2D eigenvalue weighted by Gasteiger charge is -2.31. The van der Waals surface area contributed by atoms with E-state index in [4.69, 9.17) is 0 Å². The van der Waals surface area contributed by atoms with Gasteiger partial charge in [0.2, 0.25) is 11.9 Å². The number of hydrogen-bond donors (Lipinski definition) is 2. The fraction of sp³-hybridized carbons (Fsp3) is 0.320. The highest BCUT2D eigenvalue weighted by atomic mass is 16.2. The molecule has 0 unspecified atom stereocenters. The summed E-state index contributed by atoms with van der Waals surface area (Å²) in [5.74, 6) is 1.57. The average Bonchev–Trinajstić information content (AvgIpc) is 3.28. The second-order valence-electron chi connectivity index (χ2n) is 8.82. The van der Waals surface area contributed by atoms with E-state index >= 15 is 0 Å². The van der Waals surface area contributed by atoms with Crippen LogP contribution in [0.15, 0.2) is 55.1 Å². The Bertz CT molecular complexity index is 1310. The highest BCUT2D eigenvalue weighted by Gasteiger charge is 2.25. The average molecular weight is 457 g/mol. The van der Waals surface area contributed by atoms with Crippen LogP contribution in [0.3, 0.4) is 0 Å². The number of anilines is 3. The number of nitrogens with zero attached hydrogens (tertiary/aromatic N) is 6. The maximum Gasteiger partial charge on any atom is 0.228 e. The Morgan fingerprint density at radius 2 is 2.00 bits per heavy atom. The number of carbonyl (C=O) groups excluding carboxylic acids is 1. The monoisotopic (exact) mass is 456 g/mol. The first kappa shape index (κ1) is 22.0. The van der Waals surface area contributed by atoms with Crippen LogP contribution in [0.2, 0.25) is 0 Å². The predicted molar refractivity (Wildman–Crippen MR) is 132 cm³/mol. The Labute approximate surface area is 198 Å². The van der Waals surface area contributed by atoms with Crippen LogP contribution in [0.25, 0.3) is 16.8 Å². The molecular formula is C25H28N8O. The molecule has 9 heteroatoms. The van der Waals surface area contributed by atoms with Gasteiger partial charge in [-0.05, 0) is 49.7 Å². The first-order chi connectivity index (χ1) is 16.5. The Kier molecular flexibility index (Phi) is 5.93. The van der Waals surface area contributed by atoms with E-state index in [1.165, 1.54) is 5.56 Å². The molecule has 1 fully saturated rings. The maximum atomic E-state index is 12.5. The van der Waals surface area contributed by atoms with E-state index < -0.39 is 0 Å². The van der Waals surface area contributed by atoms with E-state index in [1.54, 1.807) is 17.3 Å². The smallest absolute Gasteiger partial charge is 0.228 e. The van der Waals surface area contributed by atoms with Gasteiger partial charge >= 0.3 is 0 Å². The van der Waals surface area contributed by atoms with Crippen LogP contribution >= 0.6 is 0 Å². The summed E-state index contributed by atoms with van der Waals surface area (Å²) >= 11 is 0. The second-order valence-corrected chi connectivity index (χ2v) is 8.82. The summed E-state index contributed by atoms with van der Waals surface area (Å²) in [7, 11) is 1.89. The zero-order valence-electron chi connectivity index (χ0n) is 19.6. The fourth-order valence-electron chi connectivity index (χ4n) is 4.27. The van der Waals surface area contributed by atoms with Gasteiger partial charge in [-0.2, -0.15) is 5.10 Å². The summed E-state index contributed by atoms with van der Waals surface area (Å²) < 4.78 is 1.89. The number of nitrogens with one attached hydrogen (secondary N) is 2. The van der Waals surface area contributed by atoms with Crippen molar-refractivity contribution in [2.75, 3.05) is 23.8 Å². The van der Waals surface area contributed by atoms with Crippen LogP contribution in [0.4, 0.5) is 17.5 Å². The summed E-state index contributed by atoms with van der Waals surface area (Å²) in [6.07, 6.45) is 8.74. The van der Waals surface area contributed by atoms with Crippen LogP contribution in [0.5, 0.6) is 0 Å². The lowest BCUT2D eigenvalue weighted by atomic mass is 10.0. The van der Waals surface area contributed by atoms with Crippen molar-refractivity contribution in [3.63, 3.8) is 0 Å². The van der Waals surface area contributed by atoms with E-state index in [-0.39, 0.29) is 11.9 Å².